The van der Waals surface area contributed by atoms with E-state index in [4.69, 9.17) is 11.6 Å². The summed E-state index contributed by atoms with van der Waals surface area (Å²) in [6, 6.07) is 10.9. The molecule has 1 atom stereocenters. The van der Waals surface area contributed by atoms with Gasteiger partial charge in [-0.1, -0.05) is 17.7 Å². The van der Waals surface area contributed by atoms with Gasteiger partial charge in [0.1, 0.15) is 0 Å². The number of halogens is 1. The highest BCUT2D eigenvalue weighted by atomic mass is 35.5. The maximum Gasteiger partial charge on any atom is 0.315 e. The van der Waals surface area contributed by atoms with Gasteiger partial charge in [0.15, 0.2) is 0 Å². The number of rotatable bonds is 5. The van der Waals surface area contributed by atoms with Crippen LogP contribution in [-0.2, 0) is 11.3 Å². The molecule has 2 N–H and O–H groups in total. The van der Waals surface area contributed by atoms with E-state index in [9.17, 15) is 9.59 Å². The van der Waals surface area contributed by atoms with Gasteiger partial charge in [0.25, 0.3) is 0 Å². The van der Waals surface area contributed by atoms with Crippen molar-refractivity contribution in [3.8, 4) is 0 Å². The van der Waals surface area contributed by atoms with E-state index in [0.717, 1.165) is 10.6 Å². The summed E-state index contributed by atoms with van der Waals surface area (Å²) in [4.78, 5) is 26.8. The fraction of sp³-hybridized carbons (Fsp3) is 0.294. The van der Waals surface area contributed by atoms with Crippen LogP contribution in [0.3, 0.4) is 0 Å². The van der Waals surface area contributed by atoms with Crippen LogP contribution in [0.4, 0.5) is 10.5 Å². The van der Waals surface area contributed by atoms with E-state index >= 15 is 0 Å². The zero-order chi connectivity index (χ0) is 16.9. The van der Waals surface area contributed by atoms with Gasteiger partial charge < -0.3 is 15.5 Å². The molecule has 5 nitrogen and oxygen atoms in total. The Morgan fingerprint density at radius 2 is 2.04 bits per heavy atom. The molecule has 1 aromatic heterocycles. The molecule has 0 radical (unpaired) electrons. The van der Waals surface area contributed by atoms with Gasteiger partial charge in [-0.25, -0.2) is 4.79 Å². The van der Waals surface area contributed by atoms with E-state index in [0.29, 0.717) is 31.1 Å². The summed E-state index contributed by atoms with van der Waals surface area (Å²) >= 11 is 7.48. The van der Waals surface area contributed by atoms with E-state index in [2.05, 4.69) is 10.6 Å². The van der Waals surface area contributed by atoms with Crippen molar-refractivity contribution in [2.45, 2.75) is 13.0 Å². The average molecular weight is 364 g/mol. The number of amides is 3. The first-order chi connectivity index (χ1) is 11.6. The molecule has 24 heavy (non-hydrogen) atoms. The molecule has 1 unspecified atom stereocenters. The molecule has 3 rings (SSSR count). The minimum atomic E-state index is -0.208. The zero-order valence-electron chi connectivity index (χ0n) is 13.0. The molecule has 7 heteroatoms. The lowest BCUT2D eigenvalue weighted by molar-refractivity contribution is -0.117. The van der Waals surface area contributed by atoms with E-state index in [1.165, 1.54) is 0 Å². The van der Waals surface area contributed by atoms with Gasteiger partial charge in [-0.05, 0) is 35.7 Å². The summed E-state index contributed by atoms with van der Waals surface area (Å²) in [5.74, 6) is 0.184. The minimum Gasteiger partial charge on any atom is -0.338 e. The third-order valence-corrected chi connectivity index (χ3v) is 5.03. The van der Waals surface area contributed by atoms with Gasteiger partial charge >= 0.3 is 6.03 Å². The highest BCUT2D eigenvalue weighted by Gasteiger charge is 2.30. The van der Waals surface area contributed by atoms with Crippen LogP contribution in [0.15, 0.2) is 41.8 Å². The van der Waals surface area contributed by atoms with Crippen molar-refractivity contribution in [2.75, 3.05) is 18.0 Å². The second kappa shape index (κ2) is 7.68. The SMILES string of the molecule is O=C(NCc1cccs1)NCC1CC(=O)N(c2ccc(Cl)cc2)C1. The number of benzene rings is 1. The summed E-state index contributed by atoms with van der Waals surface area (Å²) in [6.45, 7) is 1.60. The largest absolute Gasteiger partial charge is 0.338 e. The number of carbonyl (C=O) groups is 2. The molecule has 2 heterocycles. The Balaban J connectivity index is 1.45. The van der Waals surface area contributed by atoms with Crippen molar-refractivity contribution in [1.82, 2.24) is 10.6 Å². The number of hydrogen-bond donors (Lipinski definition) is 2. The smallest absolute Gasteiger partial charge is 0.315 e. The second-order valence-electron chi connectivity index (χ2n) is 5.69. The quantitative estimate of drug-likeness (QED) is 0.856. The monoisotopic (exact) mass is 363 g/mol. The van der Waals surface area contributed by atoms with Crippen LogP contribution in [0.1, 0.15) is 11.3 Å². The Morgan fingerprint density at radius 1 is 1.25 bits per heavy atom. The maximum atomic E-state index is 12.2. The van der Waals surface area contributed by atoms with Crippen LogP contribution in [0, 0.1) is 5.92 Å². The lowest BCUT2D eigenvalue weighted by Crippen LogP contribution is -2.38. The third kappa shape index (κ3) is 4.27. The number of thiophene rings is 1. The first kappa shape index (κ1) is 16.8. The Kier molecular flexibility index (Phi) is 5.37. The van der Waals surface area contributed by atoms with Gasteiger partial charge in [0.05, 0.1) is 6.54 Å². The summed E-state index contributed by atoms with van der Waals surface area (Å²) in [7, 11) is 0. The molecular formula is C17H18ClN3O2S. The van der Waals surface area contributed by atoms with E-state index in [1.54, 1.807) is 28.4 Å². The van der Waals surface area contributed by atoms with Gasteiger partial charge in [0.2, 0.25) is 5.91 Å². The predicted octanol–water partition coefficient (Wildman–Crippen LogP) is 3.25. The number of nitrogens with zero attached hydrogens (tertiary/aromatic N) is 1. The van der Waals surface area contributed by atoms with Crippen molar-refractivity contribution < 1.29 is 9.59 Å². The molecule has 1 aliphatic heterocycles. The number of hydrogen-bond acceptors (Lipinski definition) is 3. The van der Waals surface area contributed by atoms with Gasteiger partial charge in [0, 0.05) is 41.0 Å². The lowest BCUT2D eigenvalue weighted by Gasteiger charge is -2.17. The van der Waals surface area contributed by atoms with Crippen LogP contribution < -0.4 is 15.5 Å². The van der Waals surface area contributed by atoms with Gasteiger partial charge in [-0.2, -0.15) is 0 Å². The second-order valence-corrected chi connectivity index (χ2v) is 7.16. The Morgan fingerprint density at radius 3 is 2.75 bits per heavy atom. The molecule has 0 bridgehead atoms. The molecule has 0 saturated carbocycles. The first-order valence-electron chi connectivity index (χ1n) is 7.72. The average Bonchev–Trinajstić information content (AvgIpc) is 3.21. The van der Waals surface area contributed by atoms with Crippen molar-refractivity contribution >= 4 is 40.6 Å². The Hall–Kier alpha value is -2.05. The van der Waals surface area contributed by atoms with E-state index < -0.39 is 0 Å². The normalized spacial score (nSPS) is 17.1. The van der Waals surface area contributed by atoms with E-state index in [-0.39, 0.29) is 17.9 Å². The highest BCUT2D eigenvalue weighted by molar-refractivity contribution is 7.09. The number of urea groups is 1. The molecule has 2 aromatic rings. The summed E-state index contributed by atoms with van der Waals surface area (Å²) in [6.07, 6.45) is 0.438. The molecule has 1 fully saturated rings. The summed E-state index contributed by atoms with van der Waals surface area (Å²) < 4.78 is 0. The minimum absolute atomic E-state index is 0.0723. The molecule has 126 valence electrons. The van der Waals surface area contributed by atoms with Crippen molar-refractivity contribution in [2.24, 2.45) is 5.92 Å². The summed E-state index contributed by atoms with van der Waals surface area (Å²) in [5.41, 5.74) is 0.842. The maximum absolute atomic E-state index is 12.2. The van der Waals surface area contributed by atoms with Crippen molar-refractivity contribution in [3.63, 3.8) is 0 Å². The summed E-state index contributed by atoms with van der Waals surface area (Å²) in [5, 5.41) is 8.28. The van der Waals surface area contributed by atoms with Crippen molar-refractivity contribution in [1.29, 1.82) is 0 Å². The van der Waals surface area contributed by atoms with E-state index in [1.807, 2.05) is 29.6 Å². The molecule has 0 aliphatic carbocycles. The lowest BCUT2D eigenvalue weighted by atomic mass is 10.1. The van der Waals surface area contributed by atoms with Gasteiger partial charge in [-0.3, -0.25) is 4.79 Å². The Bertz CT molecular complexity index is 703. The molecule has 1 saturated heterocycles. The van der Waals surface area contributed by atoms with Crippen LogP contribution in [0.2, 0.25) is 5.02 Å². The van der Waals surface area contributed by atoms with Crippen molar-refractivity contribution in [3.05, 3.63) is 51.7 Å². The molecule has 1 aliphatic rings. The topological polar surface area (TPSA) is 61.4 Å². The highest BCUT2D eigenvalue weighted by Crippen LogP contribution is 2.25. The Labute approximate surface area is 149 Å². The number of nitrogens with one attached hydrogen (secondary N) is 2. The third-order valence-electron chi connectivity index (χ3n) is 3.90. The first-order valence-corrected chi connectivity index (χ1v) is 8.97. The van der Waals surface area contributed by atoms with Gasteiger partial charge in [-0.15, -0.1) is 11.3 Å². The van der Waals surface area contributed by atoms with Crippen LogP contribution in [0.25, 0.3) is 0 Å². The van der Waals surface area contributed by atoms with Crippen LogP contribution >= 0.6 is 22.9 Å². The fourth-order valence-corrected chi connectivity index (χ4v) is 3.44. The zero-order valence-corrected chi connectivity index (χ0v) is 14.6. The number of carbonyl (C=O) groups excluding carboxylic acids is 2. The fourth-order valence-electron chi connectivity index (χ4n) is 2.67. The molecule has 1 aromatic carbocycles. The van der Waals surface area contributed by atoms with Crippen LogP contribution in [-0.4, -0.2) is 25.0 Å². The molecule has 3 amide bonds. The standard InChI is InChI=1S/C17H18ClN3O2S/c18-13-3-5-14(6-4-13)21-11-12(8-16(21)22)9-19-17(23)20-10-15-2-1-7-24-15/h1-7,12H,8-11H2,(H2,19,20,23). The molecular weight excluding hydrogens is 346 g/mol. The number of anilines is 1. The van der Waals surface area contributed by atoms with Crippen LogP contribution in [0.5, 0.6) is 0 Å². The predicted molar refractivity (Wildman–Crippen MR) is 96.5 cm³/mol. The molecule has 0 spiro atoms.